The van der Waals surface area contributed by atoms with Crippen LogP contribution in [0.5, 0.6) is 0 Å². The monoisotopic (exact) mass is 407 g/mol. The largest absolute Gasteiger partial charge is 0.449 e. The van der Waals surface area contributed by atoms with Crippen molar-refractivity contribution in [2.24, 2.45) is 0 Å². The first kappa shape index (κ1) is 20.2. The maximum Gasteiger partial charge on any atom is 0.416 e. The lowest BCUT2D eigenvalue weighted by molar-refractivity contribution is -0.137. The van der Waals surface area contributed by atoms with Crippen molar-refractivity contribution in [2.45, 2.75) is 19.2 Å². The standard InChI is InChI=1S/C19H16F3N3O4/c1-10(17(27)25-9-16(26)24-14-4-2-3-5-15(14)25)29-18(28)12-7-6-11(8-13(12)23)19(20,21)22/h2-8,10H,9,23H2,1H3,(H,24,26)/t10-/m1/s1. The van der Waals surface area contributed by atoms with E-state index in [-0.39, 0.29) is 12.1 Å². The molecule has 2 aromatic rings. The number of anilines is 3. The minimum atomic E-state index is -4.61. The summed E-state index contributed by atoms with van der Waals surface area (Å²) in [5.74, 6) is -2.12. The number of nitrogens with zero attached hydrogens (tertiary/aromatic N) is 1. The highest BCUT2D eigenvalue weighted by molar-refractivity contribution is 6.11. The van der Waals surface area contributed by atoms with E-state index in [0.29, 0.717) is 23.5 Å². The molecule has 10 heteroatoms. The molecule has 3 rings (SSSR count). The number of para-hydroxylation sites is 2. The van der Waals surface area contributed by atoms with E-state index in [1.54, 1.807) is 24.3 Å². The number of ether oxygens (including phenoxy) is 1. The molecule has 1 heterocycles. The number of rotatable bonds is 3. The van der Waals surface area contributed by atoms with Gasteiger partial charge < -0.3 is 15.8 Å². The van der Waals surface area contributed by atoms with E-state index in [4.69, 9.17) is 10.5 Å². The van der Waals surface area contributed by atoms with Gasteiger partial charge in [-0.25, -0.2) is 4.79 Å². The van der Waals surface area contributed by atoms with Crippen LogP contribution in [0.1, 0.15) is 22.8 Å². The average molecular weight is 407 g/mol. The fourth-order valence-electron chi connectivity index (χ4n) is 2.85. The smallest absolute Gasteiger partial charge is 0.416 e. The van der Waals surface area contributed by atoms with Crippen molar-refractivity contribution in [1.29, 1.82) is 0 Å². The summed E-state index contributed by atoms with van der Waals surface area (Å²) in [7, 11) is 0. The Kier molecular flexibility index (Phi) is 5.19. The Balaban J connectivity index is 1.77. The number of benzene rings is 2. The van der Waals surface area contributed by atoms with Gasteiger partial charge in [-0.2, -0.15) is 13.2 Å². The summed E-state index contributed by atoms with van der Waals surface area (Å²) in [4.78, 5) is 38.0. The van der Waals surface area contributed by atoms with Crippen molar-refractivity contribution in [3.63, 3.8) is 0 Å². The van der Waals surface area contributed by atoms with Crippen LogP contribution in [0.4, 0.5) is 30.2 Å². The topological polar surface area (TPSA) is 102 Å². The molecule has 1 aliphatic heterocycles. The number of amides is 2. The summed E-state index contributed by atoms with van der Waals surface area (Å²) in [5, 5.41) is 2.63. The first-order valence-electron chi connectivity index (χ1n) is 8.46. The van der Waals surface area contributed by atoms with Gasteiger partial charge in [0.15, 0.2) is 6.10 Å². The summed E-state index contributed by atoms with van der Waals surface area (Å²) >= 11 is 0. The van der Waals surface area contributed by atoms with E-state index < -0.39 is 41.3 Å². The number of esters is 1. The van der Waals surface area contributed by atoms with Gasteiger partial charge in [-0.05, 0) is 37.3 Å². The van der Waals surface area contributed by atoms with Crippen LogP contribution < -0.4 is 16.0 Å². The van der Waals surface area contributed by atoms with Crippen LogP contribution in [0.15, 0.2) is 42.5 Å². The predicted molar refractivity (Wildman–Crippen MR) is 98.2 cm³/mol. The van der Waals surface area contributed by atoms with Crippen LogP contribution in [-0.4, -0.2) is 30.4 Å². The number of nitrogen functional groups attached to an aromatic ring is 1. The quantitative estimate of drug-likeness (QED) is 0.602. The molecule has 0 fully saturated rings. The Morgan fingerprint density at radius 3 is 2.55 bits per heavy atom. The lowest BCUT2D eigenvalue weighted by Gasteiger charge is -2.30. The molecule has 2 amide bonds. The fourth-order valence-corrected chi connectivity index (χ4v) is 2.85. The van der Waals surface area contributed by atoms with Gasteiger partial charge in [0.25, 0.3) is 5.91 Å². The number of carbonyl (C=O) groups is 3. The number of halogens is 3. The Morgan fingerprint density at radius 1 is 1.21 bits per heavy atom. The molecule has 0 bridgehead atoms. The number of alkyl halides is 3. The van der Waals surface area contributed by atoms with Gasteiger partial charge in [0.05, 0.1) is 22.5 Å². The summed E-state index contributed by atoms with van der Waals surface area (Å²) in [6.07, 6.45) is -5.91. The van der Waals surface area contributed by atoms with Crippen molar-refractivity contribution in [3.05, 3.63) is 53.6 Å². The minimum Gasteiger partial charge on any atom is -0.449 e. The third-order valence-corrected chi connectivity index (χ3v) is 4.27. The fraction of sp³-hybridized carbons (Fsp3) is 0.211. The molecule has 7 nitrogen and oxygen atoms in total. The normalized spacial score (nSPS) is 14.6. The summed E-state index contributed by atoms with van der Waals surface area (Å²) < 4.78 is 43.2. The van der Waals surface area contributed by atoms with Crippen molar-refractivity contribution >= 4 is 34.8 Å². The van der Waals surface area contributed by atoms with E-state index >= 15 is 0 Å². The molecule has 0 aliphatic carbocycles. The van der Waals surface area contributed by atoms with E-state index in [1.807, 2.05) is 0 Å². The Morgan fingerprint density at radius 2 is 1.90 bits per heavy atom. The van der Waals surface area contributed by atoms with Crippen molar-refractivity contribution in [1.82, 2.24) is 0 Å². The molecule has 0 radical (unpaired) electrons. The van der Waals surface area contributed by atoms with E-state index in [0.717, 1.165) is 6.07 Å². The molecule has 2 aromatic carbocycles. The van der Waals surface area contributed by atoms with Crippen LogP contribution in [0, 0.1) is 0 Å². The lowest BCUT2D eigenvalue weighted by atomic mass is 10.1. The molecule has 0 saturated carbocycles. The molecule has 1 aliphatic rings. The zero-order chi connectivity index (χ0) is 21.3. The zero-order valence-electron chi connectivity index (χ0n) is 15.1. The second-order valence-corrected chi connectivity index (χ2v) is 6.34. The zero-order valence-corrected chi connectivity index (χ0v) is 15.1. The van der Waals surface area contributed by atoms with Crippen LogP contribution in [0.25, 0.3) is 0 Å². The van der Waals surface area contributed by atoms with E-state index in [1.165, 1.54) is 11.8 Å². The van der Waals surface area contributed by atoms with Crippen LogP contribution in [0.2, 0.25) is 0 Å². The third-order valence-electron chi connectivity index (χ3n) is 4.27. The number of nitrogens with one attached hydrogen (secondary N) is 1. The minimum absolute atomic E-state index is 0.264. The molecule has 0 spiro atoms. The number of carbonyl (C=O) groups excluding carboxylic acids is 3. The highest BCUT2D eigenvalue weighted by Crippen LogP contribution is 2.32. The Hall–Kier alpha value is -3.56. The molecular weight excluding hydrogens is 391 g/mol. The first-order valence-corrected chi connectivity index (χ1v) is 8.46. The highest BCUT2D eigenvalue weighted by atomic mass is 19.4. The van der Waals surface area contributed by atoms with Gasteiger partial charge in [0, 0.05) is 5.69 Å². The molecule has 0 aromatic heterocycles. The van der Waals surface area contributed by atoms with Gasteiger partial charge in [-0.15, -0.1) is 0 Å². The van der Waals surface area contributed by atoms with Gasteiger partial charge in [0.2, 0.25) is 5.91 Å². The van der Waals surface area contributed by atoms with Crippen LogP contribution in [-0.2, 0) is 20.5 Å². The average Bonchev–Trinajstić information content (AvgIpc) is 2.65. The number of hydrogen-bond acceptors (Lipinski definition) is 5. The molecule has 0 saturated heterocycles. The second kappa shape index (κ2) is 7.46. The van der Waals surface area contributed by atoms with E-state index in [9.17, 15) is 27.6 Å². The molecule has 0 unspecified atom stereocenters. The van der Waals surface area contributed by atoms with Gasteiger partial charge in [-0.3, -0.25) is 14.5 Å². The molecule has 29 heavy (non-hydrogen) atoms. The van der Waals surface area contributed by atoms with Crippen molar-refractivity contribution in [3.8, 4) is 0 Å². The van der Waals surface area contributed by atoms with Crippen molar-refractivity contribution in [2.75, 3.05) is 22.5 Å². The van der Waals surface area contributed by atoms with Crippen LogP contribution in [0.3, 0.4) is 0 Å². The second-order valence-electron chi connectivity index (χ2n) is 6.34. The summed E-state index contributed by atoms with van der Waals surface area (Å²) in [5.41, 5.74) is 4.69. The Labute approximate surface area is 163 Å². The van der Waals surface area contributed by atoms with Crippen molar-refractivity contribution < 1.29 is 32.3 Å². The maximum absolute atomic E-state index is 12.7. The number of nitrogens with two attached hydrogens (primary N) is 1. The first-order chi connectivity index (χ1) is 13.6. The van der Waals surface area contributed by atoms with Crippen LogP contribution >= 0.6 is 0 Å². The summed E-state index contributed by atoms with van der Waals surface area (Å²) in [6.45, 7) is 1.04. The SMILES string of the molecule is C[C@@H](OC(=O)c1ccc(C(F)(F)F)cc1N)C(=O)N1CC(=O)Nc2ccccc21. The lowest BCUT2D eigenvalue weighted by Crippen LogP contribution is -2.47. The molecule has 152 valence electrons. The molecule has 1 atom stereocenters. The summed E-state index contributed by atoms with van der Waals surface area (Å²) in [6, 6.07) is 8.81. The van der Waals surface area contributed by atoms with Gasteiger partial charge in [0.1, 0.15) is 6.54 Å². The molecule has 3 N–H and O–H groups in total. The predicted octanol–water partition coefficient (Wildman–Crippen LogP) is 2.82. The molecular formula is C19H16F3N3O4. The maximum atomic E-state index is 12.7. The van der Waals surface area contributed by atoms with E-state index in [2.05, 4.69) is 5.32 Å². The third kappa shape index (κ3) is 4.15. The highest BCUT2D eigenvalue weighted by Gasteiger charge is 2.33. The number of hydrogen-bond donors (Lipinski definition) is 2. The van der Waals surface area contributed by atoms with Gasteiger partial charge in [-0.1, -0.05) is 12.1 Å². The van der Waals surface area contributed by atoms with Gasteiger partial charge >= 0.3 is 12.1 Å². The Bertz CT molecular complexity index is 991. The number of fused-ring (bicyclic) bond motifs is 1.